The molecule has 0 bridgehead atoms. The minimum Gasteiger partial charge on any atom is -0.509 e. The van der Waals surface area contributed by atoms with E-state index < -0.39 is 35.5 Å². The van der Waals surface area contributed by atoms with Crippen molar-refractivity contribution in [3.05, 3.63) is 23.2 Å². The Hall–Kier alpha value is -1.20. The highest BCUT2D eigenvalue weighted by Gasteiger charge is 2.44. The smallest absolute Gasteiger partial charge is 0.313 e. The van der Waals surface area contributed by atoms with Crippen LogP contribution < -0.4 is 0 Å². The van der Waals surface area contributed by atoms with Crippen molar-refractivity contribution in [1.82, 2.24) is 0 Å². The van der Waals surface area contributed by atoms with Crippen molar-refractivity contribution in [2.75, 3.05) is 0 Å². The predicted molar refractivity (Wildman–Crippen MR) is 31.1 cm³/mol. The number of aliphatic hydroxyl groups is 2. The number of allylic oxidation sites excluding steroid dienone is 4. The number of rotatable bonds is 0. The highest BCUT2D eigenvalue weighted by Crippen LogP contribution is 2.39. The molecule has 0 saturated carbocycles. The van der Waals surface area contributed by atoms with Crippen LogP contribution in [-0.2, 0) is 0 Å². The zero-order valence-electron chi connectivity index (χ0n) is 5.61. The summed E-state index contributed by atoms with van der Waals surface area (Å²) in [6, 6.07) is 0. The largest absolute Gasteiger partial charge is 0.509 e. The molecule has 68 valence electrons. The van der Waals surface area contributed by atoms with Gasteiger partial charge in [-0.25, -0.2) is 0 Å². The van der Waals surface area contributed by atoms with Gasteiger partial charge in [-0.05, 0) is 0 Å². The number of hydrogen-bond donors (Lipinski definition) is 2. The number of halogens is 4. The fourth-order valence-corrected chi connectivity index (χ4v) is 0.763. The number of alkyl halides is 2. The van der Waals surface area contributed by atoms with Gasteiger partial charge >= 0.3 is 5.92 Å². The first-order valence-corrected chi connectivity index (χ1v) is 2.91. The lowest BCUT2D eigenvalue weighted by molar-refractivity contribution is -0.0182. The average molecular weight is 184 g/mol. The van der Waals surface area contributed by atoms with Gasteiger partial charge in [0.25, 0.3) is 0 Å². The maximum Gasteiger partial charge on any atom is 0.313 e. The third-order valence-corrected chi connectivity index (χ3v) is 1.39. The van der Waals surface area contributed by atoms with E-state index in [1.54, 1.807) is 0 Å². The van der Waals surface area contributed by atoms with Gasteiger partial charge in [0.1, 0.15) is 5.76 Å². The lowest BCUT2D eigenvalue weighted by Gasteiger charge is -2.19. The maximum atomic E-state index is 12.4. The first-order valence-electron chi connectivity index (χ1n) is 2.91. The second kappa shape index (κ2) is 2.40. The predicted octanol–water partition coefficient (Wildman–Crippen LogP) is 2.50. The van der Waals surface area contributed by atoms with Gasteiger partial charge < -0.3 is 10.2 Å². The molecule has 12 heavy (non-hydrogen) atoms. The Morgan fingerprint density at radius 3 is 2.08 bits per heavy atom. The van der Waals surface area contributed by atoms with Crippen molar-refractivity contribution in [3.63, 3.8) is 0 Å². The van der Waals surface area contributed by atoms with Gasteiger partial charge in [0.15, 0.2) is 5.83 Å². The molecule has 0 unspecified atom stereocenters. The summed E-state index contributed by atoms with van der Waals surface area (Å²) in [6.45, 7) is 0. The van der Waals surface area contributed by atoms with Crippen molar-refractivity contribution >= 4 is 0 Å². The van der Waals surface area contributed by atoms with E-state index in [2.05, 4.69) is 0 Å². The summed E-state index contributed by atoms with van der Waals surface area (Å²) in [4.78, 5) is 0. The van der Waals surface area contributed by atoms with Gasteiger partial charge in [-0.15, -0.1) is 0 Å². The summed E-state index contributed by atoms with van der Waals surface area (Å²) in [5.41, 5.74) is 0. The van der Waals surface area contributed by atoms with Crippen molar-refractivity contribution < 1.29 is 27.8 Å². The quantitative estimate of drug-likeness (QED) is 0.568. The van der Waals surface area contributed by atoms with E-state index in [-0.39, 0.29) is 0 Å². The van der Waals surface area contributed by atoms with E-state index in [4.69, 9.17) is 10.2 Å². The van der Waals surface area contributed by atoms with Crippen LogP contribution in [-0.4, -0.2) is 16.1 Å². The SMILES string of the molecule is OC1=C(F)C(F)=C(O)C(F)(F)C1. The van der Waals surface area contributed by atoms with E-state index in [1.165, 1.54) is 0 Å². The minimum atomic E-state index is -3.93. The lowest BCUT2D eigenvalue weighted by atomic mass is 10.1. The molecule has 6 heteroatoms. The van der Waals surface area contributed by atoms with E-state index in [1.807, 2.05) is 0 Å². The van der Waals surface area contributed by atoms with Crippen molar-refractivity contribution in [1.29, 1.82) is 0 Å². The summed E-state index contributed by atoms with van der Waals surface area (Å²) < 4.78 is 49.3. The molecule has 2 nitrogen and oxygen atoms in total. The van der Waals surface area contributed by atoms with Gasteiger partial charge in [0.2, 0.25) is 11.6 Å². The van der Waals surface area contributed by atoms with Gasteiger partial charge in [0, 0.05) is 0 Å². The zero-order chi connectivity index (χ0) is 9.52. The van der Waals surface area contributed by atoms with Crippen LogP contribution in [0.3, 0.4) is 0 Å². The molecule has 0 saturated heterocycles. The van der Waals surface area contributed by atoms with E-state index in [0.29, 0.717) is 0 Å². The molecule has 0 aromatic heterocycles. The fraction of sp³-hybridized carbons (Fsp3) is 0.333. The first-order chi connectivity index (χ1) is 5.36. The molecule has 0 aromatic rings. The second-order valence-corrected chi connectivity index (χ2v) is 2.30. The molecular formula is C6H4F4O2. The Kier molecular flexibility index (Phi) is 1.78. The van der Waals surface area contributed by atoms with Crippen molar-refractivity contribution in [3.8, 4) is 0 Å². The molecule has 0 aliphatic heterocycles. The van der Waals surface area contributed by atoms with Gasteiger partial charge in [-0.1, -0.05) is 0 Å². The average Bonchev–Trinajstić information content (AvgIpc) is 1.97. The molecule has 0 fully saturated rings. The van der Waals surface area contributed by atoms with E-state index in [9.17, 15) is 17.6 Å². The van der Waals surface area contributed by atoms with Crippen LogP contribution in [0, 0.1) is 0 Å². The van der Waals surface area contributed by atoms with Crippen LogP contribution in [0.25, 0.3) is 0 Å². The summed E-state index contributed by atoms with van der Waals surface area (Å²) in [5, 5.41) is 16.8. The standard InChI is InChI=1S/C6H4F4O2/c7-3-2(11)1-6(9,10)5(12)4(3)8/h11-12H,1H2. The van der Waals surface area contributed by atoms with E-state index in [0.717, 1.165) is 0 Å². The van der Waals surface area contributed by atoms with Gasteiger partial charge in [-0.3, -0.25) is 0 Å². The minimum absolute atomic E-state index is 1.39. The number of hydrogen-bond acceptors (Lipinski definition) is 2. The highest BCUT2D eigenvalue weighted by atomic mass is 19.3. The molecule has 2 N–H and O–H groups in total. The van der Waals surface area contributed by atoms with Crippen molar-refractivity contribution in [2.45, 2.75) is 12.3 Å². The Morgan fingerprint density at radius 2 is 1.58 bits per heavy atom. The summed E-state index contributed by atoms with van der Waals surface area (Å²) in [6.07, 6.45) is -1.42. The van der Waals surface area contributed by atoms with Crippen LogP contribution in [0.15, 0.2) is 23.2 Å². The van der Waals surface area contributed by atoms with Gasteiger partial charge in [-0.2, -0.15) is 17.6 Å². The third-order valence-electron chi connectivity index (χ3n) is 1.39. The second-order valence-electron chi connectivity index (χ2n) is 2.30. The molecule has 0 radical (unpaired) electrons. The Labute approximate surface area is 64.4 Å². The normalized spacial score (nSPS) is 23.3. The molecule has 0 amide bonds. The maximum absolute atomic E-state index is 12.4. The molecule has 1 rings (SSSR count). The first kappa shape index (κ1) is 8.89. The summed E-state index contributed by atoms with van der Waals surface area (Å²) in [7, 11) is 0. The third kappa shape index (κ3) is 1.13. The molecule has 1 aliphatic carbocycles. The fourth-order valence-electron chi connectivity index (χ4n) is 0.763. The molecule has 0 aromatic carbocycles. The Morgan fingerprint density at radius 1 is 1.08 bits per heavy atom. The molecule has 0 heterocycles. The number of aliphatic hydroxyl groups excluding tert-OH is 2. The highest BCUT2D eigenvalue weighted by molar-refractivity contribution is 5.32. The Balaban J connectivity index is 3.20. The molecular weight excluding hydrogens is 180 g/mol. The topological polar surface area (TPSA) is 40.5 Å². The molecule has 1 aliphatic rings. The summed E-state index contributed by atoms with van der Waals surface area (Å²) >= 11 is 0. The van der Waals surface area contributed by atoms with Crippen LogP contribution in [0.4, 0.5) is 17.6 Å². The summed E-state index contributed by atoms with van der Waals surface area (Å²) in [5.74, 6) is -11.2. The van der Waals surface area contributed by atoms with Crippen LogP contribution in [0.5, 0.6) is 0 Å². The Bertz CT molecular complexity index is 279. The monoisotopic (exact) mass is 184 g/mol. The van der Waals surface area contributed by atoms with E-state index >= 15 is 0 Å². The van der Waals surface area contributed by atoms with Crippen LogP contribution >= 0.6 is 0 Å². The molecule has 0 atom stereocenters. The zero-order valence-corrected chi connectivity index (χ0v) is 5.61. The van der Waals surface area contributed by atoms with Crippen LogP contribution in [0.1, 0.15) is 6.42 Å². The van der Waals surface area contributed by atoms with Crippen molar-refractivity contribution in [2.24, 2.45) is 0 Å². The van der Waals surface area contributed by atoms with Gasteiger partial charge in [0.05, 0.1) is 6.42 Å². The molecule has 0 spiro atoms. The lowest BCUT2D eigenvalue weighted by Crippen LogP contribution is -2.25. The van der Waals surface area contributed by atoms with Crippen LogP contribution in [0.2, 0.25) is 0 Å².